The molecule has 0 atom stereocenters. The van der Waals surface area contributed by atoms with Crippen LogP contribution in [0.25, 0.3) is 0 Å². The Labute approximate surface area is 123 Å². The van der Waals surface area contributed by atoms with Crippen molar-refractivity contribution in [3.63, 3.8) is 0 Å². The lowest BCUT2D eigenvalue weighted by Gasteiger charge is -2.03. The molecular formula is C13H15ClN2O3S. The molecule has 1 aromatic heterocycles. The lowest BCUT2D eigenvalue weighted by Crippen LogP contribution is -2.17. The van der Waals surface area contributed by atoms with Crippen LogP contribution in [0.15, 0.2) is 45.9 Å². The van der Waals surface area contributed by atoms with E-state index in [9.17, 15) is 8.42 Å². The second-order valence-electron chi connectivity index (χ2n) is 4.16. The van der Waals surface area contributed by atoms with E-state index in [1.807, 2.05) is 24.3 Å². The molecule has 0 fully saturated rings. The molecule has 0 amide bonds. The lowest BCUT2D eigenvalue weighted by atomic mass is 10.2. The topological polar surface area (TPSA) is 71.3 Å². The van der Waals surface area contributed by atoms with Gasteiger partial charge in [0.05, 0.1) is 6.54 Å². The highest BCUT2D eigenvalue weighted by molar-refractivity contribution is 7.89. The third-order valence-electron chi connectivity index (χ3n) is 2.69. The minimum Gasteiger partial charge on any atom is -0.447 e. The summed E-state index contributed by atoms with van der Waals surface area (Å²) < 4.78 is 30.5. The van der Waals surface area contributed by atoms with Crippen molar-refractivity contribution >= 4 is 21.6 Å². The summed E-state index contributed by atoms with van der Waals surface area (Å²) in [6.07, 6.45) is 0. The molecule has 0 radical (unpaired) electrons. The Kier molecular flexibility index (Phi) is 4.82. The van der Waals surface area contributed by atoms with E-state index in [-0.39, 0.29) is 5.09 Å². The Morgan fingerprint density at radius 3 is 2.70 bits per heavy atom. The molecule has 0 aliphatic heterocycles. The summed E-state index contributed by atoms with van der Waals surface area (Å²) >= 11 is 5.89. The fourth-order valence-electron chi connectivity index (χ4n) is 1.68. The first-order valence-corrected chi connectivity index (χ1v) is 7.85. The van der Waals surface area contributed by atoms with Crippen molar-refractivity contribution in [3.05, 3.63) is 52.7 Å². The molecule has 2 rings (SSSR count). The van der Waals surface area contributed by atoms with E-state index in [0.717, 1.165) is 5.56 Å². The molecule has 5 nitrogen and oxygen atoms in total. The van der Waals surface area contributed by atoms with Crippen molar-refractivity contribution in [2.75, 3.05) is 7.05 Å². The van der Waals surface area contributed by atoms with Crippen LogP contribution in [-0.4, -0.2) is 15.5 Å². The predicted molar refractivity (Wildman–Crippen MR) is 76.9 cm³/mol. The third kappa shape index (κ3) is 3.83. The van der Waals surface area contributed by atoms with Gasteiger partial charge in [0.2, 0.25) is 5.09 Å². The van der Waals surface area contributed by atoms with Gasteiger partial charge in [-0.2, -0.15) is 0 Å². The van der Waals surface area contributed by atoms with Gasteiger partial charge in [-0.25, -0.2) is 13.1 Å². The lowest BCUT2D eigenvalue weighted by molar-refractivity contribution is 0.400. The van der Waals surface area contributed by atoms with Crippen LogP contribution in [0, 0.1) is 0 Å². The van der Waals surface area contributed by atoms with Crippen LogP contribution in [0.2, 0.25) is 5.02 Å². The highest BCUT2D eigenvalue weighted by atomic mass is 35.5. The summed E-state index contributed by atoms with van der Waals surface area (Å²) in [5.74, 6) is 0.556. The normalized spacial score (nSPS) is 11.7. The molecule has 1 aromatic carbocycles. The summed E-state index contributed by atoms with van der Waals surface area (Å²) in [6.45, 7) is 1.06. The summed E-state index contributed by atoms with van der Waals surface area (Å²) in [4.78, 5) is 0. The van der Waals surface area contributed by atoms with Gasteiger partial charge in [-0.05, 0) is 36.9 Å². The van der Waals surface area contributed by atoms with E-state index in [2.05, 4.69) is 10.0 Å². The molecule has 108 valence electrons. The standard InChI is InChI=1S/C13H15ClN2O3S/c1-15-20(17,18)13-6-5-12(19-13)9-16-8-10-3-2-4-11(14)7-10/h2-7,15-16H,8-9H2,1H3. The maximum absolute atomic E-state index is 11.5. The molecule has 2 aromatic rings. The fraction of sp³-hybridized carbons (Fsp3) is 0.231. The van der Waals surface area contributed by atoms with Gasteiger partial charge in [0.25, 0.3) is 10.0 Å². The smallest absolute Gasteiger partial charge is 0.273 e. The van der Waals surface area contributed by atoms with Crippen molar-refractivity contribution in [3.8, 4) is 0 Å². The van der Waals surface area contributed by atoms with E-state index in [4.69, 9.17) is 16.0 Å². The van der Waals surface area contributed by atoms with Crippen LogP contribution in [0.3, 0.4) is 0 Å². The second kappa shape index (κ2) is 6.41. The van der Waals surface area contributed by atoms with Gasteiger partial charge in [-0.3, -0.25) is 0 Å². The molecule has 1 heterocycles. The first-order chi connectivity index (χ1) is 9.51. The van der Waals surface area contributed by atoms with Crippen molar-refractivity contribution in [1.82, 2.24) is 10.0 Å². The maximum atomic E-state index is 11.5. The number of halogens is 1. The Morgan fingerprint density at radius 2 is 2.00 bits per heavy atom. The van der Waals surface area contributed by atoms with Crippen molar-refractivity contribution in [2.45, 2.75) is 18.2 Å². The second-order valence-corrected chi connectivity index (χ2v) is 6.42. The predicted octanol–water partition coefficient (Wildman–Crippen LogP) is 2.13. The summed E-state index contributed by atoms with van der Waals surface area (Å²) in [5.41, 5.74) is 1.05. The van der Waals surface area contributed by atoms with Crippen LogP contribution < -0.4 is 10.0 Å². The Balaban J connectivity index is 1.92. The molecule has 20 heavy (non-hydrogen) atoms. The average molecular weight is 315 g/mol. The number of furan rings is 1. The summed E-state index contributed by atoms with van der Waals surface area (Å²) in [6, 6.07) is 10.6. The molecule has 0 saturated heterocycles. The Bertz CT molecular complexity index is 682. The van der Waals surface area contributed by atoms with Gasteiger partial charge in [0, 0.05) is 11.6 Å². The molecule has 0 unspecified atom stereocenters. The number of hydrogen-bond acceptors (Lipinski definition) is 4. The van der Waals surface area contributed by atoms with Gasteiger partial charge in [-0.1, -0.05) is 23.7 Å². The zero-order valence-corrected chi connectivity index (χ0v) is 12.5. The fourth-order valence-corrected chi connectivity index (χ4v) is 2.55. The third-order valence-corrected chi connectivity index (χ3v) is 4.21. The Hall–Kier alpha value is -1.34. The highest BCUT2D eigenvalue weighted by Gasteiger charge is 2.15. The highest BCUT2D eigenvalue weighted by Crippen LogP contribution is 2.14. The molecule has 7 heteroatoms. The van der Waals surface area contributed by atoms with Crippen LogP contribution in [0.5, 0.6) is 0 Å². The van der Waals surface area contributed by atoms with Crippen LogP contribution in [-0.2, 0) is 23.1 Å². The monoisotopic (exact) mass is 314 g/mol. The van der Waals surface area contributed by atoms with Crippen LogP contribution in [0.4, 0.5) is 0 Å². The first kappa shape index (κ1) is 15.1. The van der Waals surface area contributed by atoms with E-state index in [1.54, 1.807) is 6.07 Å². The van der Waals surface area contributed by atoms with Gasteiger partial charge in [0.1, 0.15) is 5.76 Å². The van der Waals surface area contributed by atoms with E-state index in [1.165, 1.54) is 13.1 Å². The number of nitrogens with one attached hydrogen (secondary N) is 2. The average Bonchev–Trinajstić information content (AvgIpc) is 2.88. The number of rotatable bonds is 6. The maximum Gasteiger partial charge on any atom is 0.273 e. The first-order valence-electron chi connectivity index (χ1n) is 5.99. The summed E-state index contributed by atoms with van der Waals surface area (Å²) in [7, 11) is -2.18. The number of hydrogen-bond donors (Lipinski definition) is 2. The van der Waals surface area contributed by atoms with E-state index in [0.29, 0.717) is 23.9 Å². The van der Waals surface area contributed by atoms with E-state index >= 15 is 0 Å². The number of benzene rings is 1. The number of sulfonamides is 1. The molecule has 2 N–H and O–H groups in total. The zero-order chi connectivity index (χ0) is 14.6. The minimum absolute atomic E-state index is 0.0837. The Morgan fingerprint density at radius 1 is 1.20 bits per heavy atom. The van der Waals surface area contributed by atoms with Crippen molar-refractivity contribution in [1.29, 1.82) is 0 Å². The van der Waals surface area contributed by atoms with Gasteiger partial charge in [-0.15, -0.1) is 0 Å². The van der Waals surface area contributed by atoms with Gasteiger partial charge < -0.3 is 9.73 Å². The van der Waals surface area contributed by atoms with Crippen molar-refractivity contribution < 1.29 is 12.8 Å². The molecule has 0 aliphatic carbocycles. The minimum atomic E-state index is -3.52. The molecular weight excluding hydrogens is 300 g/mol. The quantitative estimate of drug-likeness (QED) is 0.857. The van der Waals surface area contributed by atoms with Crippen LogP contribution in [0.1, 0.15) is 11.3 Å². The van der Waals surface area contributed by atoms with Gasteiger partial charge >= 0.3 is 0 Å². The van der Waals surface area contributed by atoms with Crippen LogP contribution >= 0.6 is 11.6 Å². The molecule has 0 aliphatic rings. The van der Waals surface area contributed by atoms with E-state index < -0.39 is 10.0 Å². The SMILES string of the molecule is CNS(=O)(=O)c1ccc(CNCc2cccc(Cl)c2)o1. The molecule has 0 bridgehead atoms. The summed E-state index contributed by atoms with van der Waals surface area (Å²) in [5, 5.41) is 3.76. The molecule has 0 saturated carbocycles. The van der Waals surface area contributed by atoms with Gasteiger partial charge in [0.15, 0.2) is 0 Å². The van der Waals surface area contributed by atoms with Crippen molar-refractivity contribution in [2.24, 2.45) is 0 Å². The zero-order valence-electron chi connectivity index (χ0n) is 10.9. The largest absolute Gasteiger partial charge is 0.447 e. The molecule has 0 spiro atoms.